The molecule has 0 saturated carbocycles. The average molecular weight is 405 g/mol. The second-order valence-corrected chi connectivity index (χ2v) is 7.64. The number of nitrogens with one attached hydrogen (secondary N) is 2. The van der Waals surface area contributed by atoms with E-state index in [9.17, 15) is 0 Å². The lowest BCUT2D eigenvalue weighted by molar-refractivity contribution is 0.310. The Morgan fingerprint density at radius 3 is 2.71 bits per heavy atom. The summed E-state index contributed by atoms with van der Waals surface area (Å²) >= 11 is 1.75. The van der Waals surface area contributed by atoms with Gasteiger partial charge in [-0.15, -0.1) is 11.3 Å². The van der Waals surface area contributed by atoms with Gasteiger partial charge in [0.25, 0.3) is 0 Å². The van der Waals surface area contributed by atoms with Crippen molar-refractivity contribution in [3.63, 3.8) is 0 Å². The molecule has 2 rings (SSSR count). The molecular formula is C21H32N4O2S. The lowest BCUT2D eigenvalue weighted by Crippen LogP contribution is -2.38. The number of hydrogen-bond donors (Lipinski definition) is 2. The van der Waals surface area contributed by atoms with E-state index in [1.807, 2.05) is 19.2 Å². The van der Waals surface area contributed by atoms with E-state index in [-0.39, 0.29) is 0 Å². The van der Waals surface area contributed by atoms with Crippen molar-refractivity contribution < 1.29 is 9.47 Å². The fraction of sp³-hybridized carbons (Fsp3) is 0.524. The van der Waals surface area contributed by atoms with Gasteiger partial charge in [-0.1, -0.05) is 6.07 Å². The van der Waals surface area contributed by atoms with Gasteiger partial charge in [-0.3, -0.25) is 4.99 Å². The lowest BCUT2D eigenvalue weighted by Gasteiger charge is -2.12. The zero-order chi connectivity index (χ0) is 20.2. The van der Waals surface area contributed by atoms with Gasteiger partial charge < -0.3 is 20.1 Å². The first-order valence-corrected chi connectivity index (χ1v) is 10.7. The smallest absolute Gasteiger partial charge is 0.191 e. The van der Waals surface area contributed by atoms with Crippen LogP contribution in [0.3, 0.4) is 0 Å². The van der Waals surface area contributed by atoms with E-state index >= 15 is 0 Å². The molecule has 0 saturated heterocycles. The van der Waals surface area contributed by atoms with Crippen molar-refractivity contribution in [1.29, 1.82) is 0 Å². The monoisotopic (exact) mass is 404 g/mol. The largest absolute Gasteiger partial charge is 0.493 e. The Kier molecular flexibility index (Phi) is 9.62. The summed E-state index contributed by atoms with van der Waals surface area (Å²) in [4.78, 5) is 10.3. The zero-order valence-electron chi connectivity index (χ0n) is 17.4. The average Bonchev–Trinajstić information content (AvgIpc) is 3.10. The Hall–Kier alpha value is -2.28. The molecule has 0 atom stereocenters. The number of aromatic nitrogens is 1. The Bertz CT molecular complexity index is 746. The number of ether oxygens (including phenoxy) is 2. The van der Waals surface area contributed by atoms with Crippen molar-refractivity contribution in [2.45, 2.75) is 40.0 Å². The van der Waals surface area contributed by atoms with Crippen LogP contribution < -0.4 is 20.1 Å². The van der Waals surface area contributed by atoms with Crippen molar-refractivity contribution in [2.75, 3.05) is 33.4 Å². The van der Waals surface area contributed by atoms with Gasteiger partial charge in [-0.05, 0) is 51.3 Å². The van der Waals surface area contributed by atoms with Gasteiger partial charge in [0.2, 0.25) is 0 Å². The third kappa shape index (κ3) is 7.38. The minimum atomic E-state index is 0.627. The summed E-state index contributed by atoms with van der Waals surface area (Å²) in [5.41, 5.74) is 1.23. The maximum absolute atomic E-state index is 5.65. The van der Waals surface area contributed by atoms with Crippen LogP contribution in [0.5, 0.6) is 11.5 Å². The molecule has 7 heteroatoms. The normalized spacial score (nSPS) is 11.4. The van der Waals surface area contributed by atoms with E-state index in [1.165, 1.54) is 10.4 Å². The van der Waals surface area contributed by atoms with Crippen LogP contribution in [0.4, 0.5) is 0 Å². The molecule has 0 bridgehead atoms. The van der Waals surface area contributed by atoms with Crippen molar-refractivity contribution >= 4 is 17.3 Å². The highest BCUT2D eigenvalue weighted by atomic mass is 32.1. The number of methoxy groups -OCH3 is 1. The van der Waals surface area contributed by atoms with Gasteiger partial charge in [-0.2, -0.15) is 0 Å². The lowest BCUT2D eigenvalue weighted by atomic mass is 10.1. The van der Waals surface area contributed by atoms with Crippen LogP contribution in [0, 0.1) is 6.92 Å². The maximum atomic E-state index is 5.65. The minimum absolute atomic E-state index is 0.627. The number of nitrogens with zero attached hydrogens (tertiary/aromatic N) is 2. The highest BCUT2D eigenvalue weighted by molar-refractivity contribution is 7.11. The first-order valence-electron chi connectivity index (χ1n) is 9.89. The zero-order valence-corrected chi connectivity index (χ0v) is 18.2. The molecule has 0 aliphatic carbocycles. The van der Waals surface area contributed by atoms with Crippen LogP contribution in [0.1, 0.15) is 35.7 Å². The molecule has 6 nitrogen and oxygen atoms in total. The first-order chi connectivity index (χ1) is 13.7. The molecule has 0 unspecified atom stereocenters. The second kappa shape index (κ2) is 12.2. The van der Waals surface area contributed by atoms with Crippen LogP contribution in [0.25, 0.3) is 0 Å². The SMILES string of the molecule is CCNC(=NCCCc1ccc(OC)c(OCC)c1)NCCc1ncc(C)s1. The van der Waals surface area contributed by atoms with Crippen molar-refractivity contribution in [1.82, 2.24) is 15.6 Å². The van der Waals surface area contributed by atoms with Gasteiger partial charge >= 0.3 is 0 Å². The van der Waals surface area contributed by atoms with Gasteiger partial charge in [0.05, 0.1) is 18.7 Å². The molecule has 0 radical (unpaired) electrons. The number of thiazole rings is 1. The van der Waals surface area contributed by atoms with Gasteiger partial charge in [0.15, 0.2) is 17.5 Å². The van der Waals surface area contributed by atoms with E-state index in [2.05, 4.69) is 46.6 Å². The van der Waals surface area contributed by atoms with Gasteiger partial charge in [0.1, 0.15) is 0 Å². The molecule has 2 aromatic rings. The Labute approximate surface area is 172 Å². The highest BCUT2D eigenvalue weighted by Gasteiger charge is 2.05. The summed E-state index contributed by atoms with van der Waals surface area (Å²) in [5.74, 6) is 2.44. The fourth-order valence-electron chi connectivity index (χ4n) is 2.77. The molecule has 1 aromatic carbocycles. The molecule has 2 N–H and O–H groups in total. The summed E-state index contributed by atoms with van der Waals surface area (Å²) in [5, 5.41) is 7.84. The molecule has 0 spiro atoms. The molecule has 0 aliphatic rings. The summed E-state index contributed by atoms with van der Waals surface area (Å²) in [6.07, 6.45) is 4.76. The van der Waals surface area contributed by atoms with Crippen molar-refractivity contribution in [3.8, 4) is 11.5 Å². The fourth-order valence-corrected chi connectivity index (χ4v) is 3.55. The summed E-state index contributed by atoms with van der Waals surface area (Å²) < 4.78 is 11.0. The second-order valence-electron chi connectivity index (χ2n) is 6.32. The molecular weight excluding hydrogens is 372 g/mol. The number of rotatable bonds is 11. The molecule has 28 heavy (non-hydrogen) atoms. The van der Waals surface area contributed by atoms with Crippen molar-refractivity contribution in [3.05, 3.63) is 39.8 Å². The van der Waals surface area contributed by atoms with E-state index < -0.39 is 0 Å². The predicted molar refractivity (Wildman–Crippen MR) is 117 cm³/mol. The minimum Gasteiger partial charge on any atom is -0.493 e. The standard InChI is InChI=1S/C21H32N4O2S/c1-5-22-21(24-13-11-20-25-15-16(3)28-20)23-12-7-8-17-9-10-18(26-4)19(14-17)27-6-2/h9-10,14-15H,5-8,11-13H2,1-4H3,(H2,22,23,24). The molecule has 0 amide bonds. The van der Waals surface area contributed by atoms with Crippen LogP contribution in [0.15, 0.2) is 29.4 Å². The quantitative estimate of drug-likeness (QED) is 0.340. The molecule has 154 valence electrons. The van der Waals surface area contributed by atoms with E-state index in [0.717, 1.165) is 61.4 Å². The Morgan fingerprint density at radius 1 is 1.18 bits per heavy atom. The highest BCUT2D eigenvalue weighted by Crippen LogP contribution is 2.28. The predicted octanol–water partition coefficient (Wildman–Crippen LogP) is 3.59. The third-order valence-corrected chi connectivity index (χ3v) is 5.04. The summed E-state index contributed by atoms with van der Waals surface area (Å²) in [6, 6.07) is 6.12. The molecule has 1 heterocycles. The van der Waals surface area contributed by atoms with Gasteiger partial charge in [-0.25, -0.2) is 4.98 Å². The summed E-state index contributed by atoms with van der Waals surface area (Å²) in [7, 11) is 1.66. The molecule has 0 fully saturated rings. The molecule has 0 aliphatic heterocycles. The number of aliphatic imine (C=N–C) groups is 1. The van der Waals surface area contributed by atoms with E-state index in [4.69, 9.17) is 9.47 Å². The van der Waals surface area contributed by atoms with Crippen LogP contribution in [-0.4, -0.2) is 44.3 Å². The number of hydrogen-bond acceptors (Lipinski definition) is 5. The van der Waals surface area contributed by atoms with Crippen LogP contribution in [-0.2, 0) is 12.8 Å². The Morgan fingerprint density at radius 2 is 2.04 bits per heavy atom. The van der Waals surface area contributed by atoms with Crippen LogP contribution >= 0.6 is 11.3 Å². The van der Waals surface area contributed by atoms with E-state index in [1.54, 1.807) is 18.4 Å². The number of benzene rings is 1. The topological polar surface area (TPSA) is 67.8 Å². The van der Waals surface area contributed by atoms with E-state index in [0.29, 0.717) is 6.61 Å². The number of aryl methyl sites for hydroxylation is 2. The van der Waals surface area contributed by atoms with Crippen LogP contribution in [0.2, 0.25) is 0 Å². The Balaban J connectivity index is 1.80. The number of guanidine groups is 1. The van der Waals surface area contributed by atoms with Gasteiger partial charge in [0, 0.05) is 37.1 Å². The van der Waals surface area contributed by atoms with Crippen molar-refractivity contribution in [2.24, 2.45) is 4.99 Å². The molecule has 1 aromatic heterocycles. The first kappa shape index (κ1) is 22.0. The summed E-state index contributed by atoms with van der Waals surface area (Å²) in [6.45, 7) is 9.21. The third-order valence-electron chi connectivity index (χ3n) is 4.07. The maximum Gasteiger partial charge on any atom is 0.191 e.